The summed E-state index contributed by atoms with van der Waals surface area (Å²) in [4.78, 5) is 18.3. The van der Waals surface area contributed by atoms with Crippen LogP contribution in [0, 0.1) is 5.82 Å². The lowest BCUT2D eigenvalue weighted by atomic mass is 10.3. The van der Waals surface area contributed by atoms with Gasteiger partial charge >= 0.3 is 0 Å². The quantitative estimate of drug-likeness (QED) is 0.905. The van der Waals surface area contributed by atoms with Gasteiger partial charge in [-0.15, -0.1) is 0 Å². The van der Waals surface area contributed by atoms with Crippen LogP contribution in [0.25, 0.3) is 0 Å². The fraction of sp³-hybridized carbons (Fsp3) is 0.231. The molecule has 0 atom stereocenters. The largest absolute Gasteiger partial charge is 0.494 e. The Morgan fingerprint density at radius 1 is 1.48 bits per heavy atom. The SMILES string of the molecule is COc1cc(NC(=O)c2sc(N(C)C)nc2N)ccc1F. The van der Waals surface area contributed by atoms with Crippen LogP contribution in [0.5, 0.6) is 5.75 Å². The smallest absolute Gasteiger partial charge is 0.269 e. The number of thiazole rings is 1. The van der Waals surface area contributed by atoms with E-state index >= 15 is 0 Å². The first-order valence-corrected chi connectivity index (χ1v) is 6.82. The first-order valence-electron chi connectivity index (χ1n) is 6.01. The van der Waals surface area contributed by atoms with E-state index in [1.54, 1.807) is 4.90 Å². The molecule has 0 saturated carbocycles. The van der Waals surface area contributed by atoms with Gasteiger partial charge in [0, 0.05) is 25.8 Å². The van der Waals surface area contributed by atoms with Crippen LogP contribution in [0.3, 0.4) is 0 Å². The lowest BCUT2D eigenvalue weighted by molar-refractivity contribution is 0.103. The zero-order chi connectivity index (χ0) is 15.6. The number of halogens is 1. The molecule has 0 aliphatic rings. The van der Waals surface area contributed by atoms with Crippen LogP contribution in [-0.4, -0.2) is 32.1 Å². The highest BCUT2D eigenvalue weighted by Gasteiger charge is 2.17. The van der Waals surface area contributed by atoms with Gasteiger partial charge in [-0.1, -0.05) is 11.3 Å². The highest BCUT2D eigenvalue weighted by atomic mass is 32.1. The lowest BCUT2D eigenvalue weighted by Gasteiger charge is -2.07. The molecular weight excluding hydrogens is 295 g/mol. The van der Waals surface area contributed by atoms with Crippen LogP contribution in [0.4, 0.5) is 21.0 Å². The van der Waals surface area contributed by atoms with Gasteiger partial charge in [-0.05, 0) is 12.1 Å². The number of aromatic nitrogens is 1. The van der Waals surface area contributed by atoms with Crippen molar-refractivity contribution in [1.82, 2.24) is 4.98 Å². The summed E-state index contributed by atoms with van der Waals surface area (Å²) in [6.07, 6.45) is 0. The minimum absolute atomic E-state index is 0.0547. The Morgan fingerprint density at radius 2 is 2.19 bits per heavy atom. The summed E-state index contributed by atoms with van der Waals surface area (Å²) in [5.74, 6) is -0.677. The number of methoxy groups -OCH3 is 1. The van der Waals surface area contributed by atoms with E-state index in [0.717, 1.165) is 0 Å². The molecule has 1 aromatic carbocycles. The maximum atomic E-state index is 13.3. The summed E-state index contributed by atoms with van der Waals surface area (Å²) in [5, 5.41) is 3.27. The molecule has 0 radical (unpaired) electrons. The molecule has 112 valence electrons. The van der Waals surface area contributed by atoms with Crippen LogP contribution in [0.15, 0.2) is 18.2 Å². The number of ether oxygens (including phenoxy) is 1. The van der Waals surface area contributed by atoms with Crippen LogP contribution in [-0.2, 0) is 0 Å². The minimum atomic E-state index is -0.498. The maximum absolute atomic E-state index is 13.3. The number of rotatable bonds is 4. The van der Waals surface area contributed by atoms with E-state index in [1.807, 2.05) is 14.1 Å². The minimum Gasteiger partial charge on any atom is -0.494 e. The number of nitrogens with one attached hydrogen (secondary N) is 1. The van der Waals surface area contributed by atoms with Gasteiger partial charge in [-0.3, -0.25) is 4.79 Å². The Bertz CT molecular complexity index is 672. The molecule has 0 fully saturated rings. The molecule has 0 spiro atoms. The second-order valence-electron chi connectivity index (χ2n) is 4.41. The molecule has 6 nitrogen and oxygen atoms in total. The van der Waals surface area contributed by atoms with Crippen molar-refractivity contribution >= 4 is 33.9 Å². The molecule has 2 aromatic rings. The van der Waals surface area contributed by atoms with Gasteiger partial charge < -0.3 is 20.7 Å². The lowest BCUT2D eigenvalue weighted by Crippen LogP contribution is -2.12. The summed E-state index contributed by atoms with van der Waals surface area (Å²) in [6.45, 7) is 0. The second-order valence-corrected chi connectivity index (χ2v) is 5.39. The number of nitrogens with zero attached hydrogens (tertiary/aromatic N) is 2. The number of hydrogen-bond donors (Lipinski definition) is 2. The van der Waals surface area contributed by atoms with Gasteiger partial charge in [0.1, 0.15) is 10.7 Å². The highest BCUT2D eigenvalue weighted by molar-refractivity contribution is 7.18. The molecule has 0 aliphatic carbocycles. The van der Waals surface area contributed by atoms with E-state index in [4.69, 9.17) is 10.5 Å². The third kappa shape index (κ3) is 3.22. The molecular formula is C13H15FN4O2S. The van der Waals surface area contributed by atoms with Crippen molar-refractivity contribution in [3.8, 4) is 5.75 Å². The van der Waals surface area contributed by atoms with Gasteiger partial charge in [0.2, 0.25) is 0 Å². The monoisotopic (exact) mass is 310 g/mol. The van der Waals surface area contributed by atoms with Crippen molar-refractivity contribution in [2.45, 2.75) is 0 Å². The summed E-state index contributed by atoms with van der Waals surface area (Å²) in [5.41, 5.74) is 6.16. The second kappa shape index (κ2) is 5.96. The first-order chi connectivity index (χ1) is 9.92. The van der Waals surface area contributed by atoms with Crippen molar-refractivity contribution in [2.24, 2.45) is 0 Å². The molecule has 1 aromatic heterocycles. The number of nitrogen functional groups attached to an aromatic ring is 1. The molecule has 8 heteroatoms. The number of carbonyl (C=O) groups excluding carboxylic acids is 1. The number of anilines is 3. The van der Waals surface area contributed by atoms with Gasteiger partial charge in [-0.2, -0.15) is 0 Å². The number of nitrogens with two attached hydrogens (primary N) is 1. The molecule has 1 heterocycles. The zero-order valence-corrected chi connectivity index (χ0v) is 12.6. The topological polar surface area (TPSA) is 80.5 Å². The molecule has 0 bridgehead atoms. The summed E-state index contributed by atoms with van der Waals surface area (Å²) < 4.78 is 18.2. The molecule has 0 aliphatic heterocycles. The molecule has 21 heavy (non-hydrogen) atoms. The molecule has 0 unspecified atom stereocenters. The van der Waals surface area contributed by atoms with Gasteiger partial charge in [0.25, 0.3) is 5.91 Å². The van der Waals surface area contributed by atoms with E-state index in [-0.39, 0.29) is 11.6 Å². The fourth-order valence-corrected chi connectivity index (χ4v) is 2.40. The number of benzene rings is 1. The van der Waals surface area contributed by atoms with Crippen molar-refractivity contribution in [2.75, 3.05) is 37.2 Å². The first kappa shape index (κ1) is 15.0. The van der Waals surface area contributed by atoms with Gasteiger partial charge in [-0.25, -0.2) is 9.37 Å². The molecule has 0 saturated heterocycles. The Balaban J connectivity index is 2.22. The average Bonchev–Trinajstić information content (AvgIpc) is 2.83. The van der Waals surface area contributed by atoms with Crippen LogP contribution in [0.1, 0.15) is 9.67 Å². The standard InChI is InChI=1S/C13H15FN4O2S/c1-18(2)13-17-11(15)10(21-13)12(19)16-7-4-5-8(14)9(6-7)20-3/h4-6H,15H2,1-3H3,(H,16,19). The predicted molar refractivity (Wildman–Crippen MR) is 81.8 cm³/mol. The summed E-state index contributed by atoms with van der Waals surface area (Å²) in [7, 11) is 4.98. The molecule has 3 N–H and O–H groups in total. The normalized spacial score (nSPS) is 10.3. The molecule has 1 amide bonds. The number of hydrogen-bond acceptors (Lipinski definition) is 6. The van der Waals surface area contributed by atoms with Gasteiger partial charge in [0.05, 0.1) is 7.11 Å². The Kier molecular flexibility index (Phi) is 4.27. The van der Waals surface area contributed by atoms with Crippen molar-refractivity contribution in [3.63, 3.8) is 0 Å². The Morgan fingerprint density at radius 3 is 2.76 bits per heavy atom. The van der Waals surface area contributed by atoms with E-state index < -0.39 is 11.7 Å². The van der Waals surface area contributed by atoms with E-state index in [9.17, 15) is 9.18 Å². The average molecular weight is 310 g/mol. The van der Waals surface area contributed by atoms with Crippen LogP contribution >= 0.6 is 11.3 Å². The molecule has 2 rings (SSSR count). The number of amides is 1. The highest BCUT2D eigenvalue weighted by Crippen LogP contribution is 2.28. The van der Waals surface area contributed by atoms with Gasteiger partial charge in [0.15, 0.2) is 16.7 Å². The Hall–Kier alpha value is -2.35. The summed E-state index contributed by atoms with van der Waals surface area (Å²) in [6, 6.07) is 4.06. The Labute approximate surface area is 125 Å². The van der Waals surface area contributed by atoms with E-state index in [1.165, 1.54) is 36.6 Å². The zero-order valence-electron chi connectivity index (χ0n) is 11.8. The number of carbonyl (C=O) groups is 1. The summed E-state index contributed by atoms with van der Waals surface area (Å²) >= 11 is 1.18. The van der Waals surface area contributed by atoms with Crippen molar-refractivity contribution < 1.29 is 13.9 Å². The van der Waals surface area contributed by atoms with Crippen molar-refractivity contribution in [1.29, 1.82) is 0 Å². The van der Waals surface area contributed by atoms with Crippen LogP contribution in [0.2, 0.25) is 0 Å². The maximum Gasteiger partial charge on any atom is 0.269 e. The van der Waals surface area contributed by atoms with Crippen molar-refractivity contribution in [3.05, 3.63) is 28.9 Å². The third-order valence-electron chi connectivity index (χ3n) is 2.64. The predicted octanol–water partition coefficient (Wildman–Crippen LogP) is 2.19. The third-order valence-corrected chi connectivity index (χ3v) is 3.88. The fourth-order valence-electron chi connectivity index (χ4n) is 1.60. The van der Waals surface area contributed by atoms with E-state index in [0.29, 0.717) is 15.7 Å². The van der Waals surface area contributed by atoms with E-state index in [2.05, 4.69) is 10.3 Å². The van der Waals surface area contributed by atoms with Crippen LogP contribution < -0.4 is 20.7 Å².